The Balaban J connectivity index is 1.39. The zero-order chi connectivity index (χ0) is 16.4. The minimum atomic E-state index is -0.0335. The Labute approximate surface area is 147 Å². The van der Waals surface area contributed by atoms with Gasteiger partial charge in [0, 0.05) is 22.3 Å². The lowest BCUT2D eigenvalue weighted by Crippen LogP contribution is -2.24. The molecule has 1 aliphatic heterocycles. The van der Waals surface area contributed by atoms with Gasteiger partial charge in [0.1, 0.15) is 0 Å². The summed E-state index contributed by atoms with van der Waals surface area (Å²) < 4.78 is 0. The van der Waals surface area contributed by atoms with E-state index in [2.05, 4.69) is 28.8 Å². The fourth-order valence-corrected chi connectivity index (χ4v) is 4.74. The first-order chi connectivity index (χ1) is 11.8. The molecule has 1 fully saturated rings. The van der Waals surface area contributed by atoms with Crippen LogP contribution in [0.25, 0.3) is 0 Å². The normalized spacial score (nSPS) is 19.9. The second kappa shape index (κ2) is 6.89. The molecular weight excluding hydrogens is 316 g/mol. The van der Waals surface area contributed by atoms with Gasteiger partial charge in [0.15, 0.2) is 0 Å². The maximum absolute atomic E-state index is 12.6. The molecular formula is C20H22N2OS. The van der Waals surface area contributed by atoms with E-state index in [1.54, 1.807) is 11.8 Å². The summed E-state index contributed by atoms with van der Waals surface area (Å²) in [7, 11) is 0. The number of fused-ring (bicyclic) bond motifs is 1. The first-order valence-corrected chi connectivity index (χ1v) is 9.58. The van der Waals surface area contributed by atoms with Gasteiger partial charge >= 0.3 is 0 Å². The summed E-state index contributed by atoms with van der Waals surface area (Å²) in [6.45, 7) is 0. The Morgan fingerprint density at radius 2 is 1.79 bits per heavy atom. The third-order valence-electron chi connectivity index (χ3n) is 4.80. The van der Waals surface area contributed by atoms with Crippen LogP contribution in [0.1, 0.15) is 31.2 Å². The molecule has 1 unspecified atom stereocenters. The van der Waals surface area contributed by atoms with Crippen LogP contribution in [0.15, 0.2) is 53.4 Å². The summed E-state index contributed by atoms with van der Waals surface area (Å²) in [6, 6.07) is 16.9. The predicted octanol–water partition coefficient (Wildman–Crippen LogP) is 4.70. The van der Waals surface area contributed by atoms with Crippen molar-refractivity contribution in [2.45, 2.75) is 48.3 Å². The molecule has 3 nitrogen and oxygen atoms in total. The quantitative estimate of drug-likeness (QED) is 0.849. The van der Waals surface area contributed by atoms with Crippen molar-refractivity contribution in [3.05, 3.63) is 54.1 Å². The monoisotopic (exact) mass is 338 g/mol. The molecule has 4 heteroatoms. The van der Waals surface area contributed by atoms with Gasteiger partial charge in [0.05, 0.1) is 5.25 Å². The van der Waals surface area contributed by atoms with Gasteiger partial charge < -0.3 is 10.6 Å². The first-order valence-electron chi connectivity index (χ1n) is 8.70. The van der Waals surface area contributed by atoms with Crippen LogP contribution in [-0.4, -0.2) is 17.2 Å². The van der Waals surface area contributed by atoms with Gasteiger partial charge in [-0.05, 0) is 49.1 Å². The number of amides is 1. The number of hydrogen-bond donors (Lipinski definition) is 2. The van der Waals surface area contributed by atoms with Crippen LogP contribution in [0.3, 0.4) is 0 Å². The molecule has 1 atom stereocenters. The summed E-state index contributed by atoms with van der Waals surface area (Å²) in [6.07, 6.45) is 5.93. The molecule has 0 bridgehead atoms. The lowest BCUT2D eigenvalue weighted by atomic mass is 10.1. The average Bonchev–Trinajstić information content (AvgIpc) is 3.24. The second-order valence-corrected chi connectivity index (χ2v) is 7.86. The van der Waals surface area contributed by atoms with Crippen LogP contribution in [-0.2, 0) is 11.2 Å². The van der Waals surface area contributed by atoms with Crippen LogP contribution in [0.4, 0.5) is 11.4 Å². The zero-order valence-electron chi connectivity index (χ0n) is 13.6. The molecule has 1 saturated carbocycles. The van der Waals surface area contributed by atoms with Crippen molar-refractivity contribution in [1.82, 2.24) is 0 Å². The number of hydrogen-bond acceptors (Lipinski definition) is 3. The van der Waals surface area contributed by atoms with Crippen molar-refractivity contribution in [1.29, 1.82) is 0 Å². The fourth-order valence-electron chi connectivity index (χ4n) is 3.54. The number of thioether (sulfide) groups is 1. The maximum atomic E-state index is 12.6. The second-order valence-electron chi connectivity index (χ2n) is 6.61. The molecule has 0 aromatic heterocycles. The molecule has 0 spiro atoms. The highest BCUT2D eigenvalue weighted by molar-refractivity contribution is 8.01. The van der Waals surface area contributed by atoms with E-state index < -0.39 is 0 Å². The predicted molar refractivity (Wildman–Crippen MR) is 101 cm³/mol. The van der Waals surface area contributed by atoms with Crippen LogP contribution >= 0.6 is 11.8 Å². The summed E-state index contributed by atoms with van der Waals surface area (Å²) in [5.74, 6) is 0.0919. The van der Waals surface area contributed by atoms with Crippen LogP contribution < -0.4 is 10.6 Å². The molecule has 1 amide bonds. The Morgan fingerprint density at radius 1 is 1.00 bits per heavy atom. The van der Waals surface area contributed by atoms with E-state index >= 15 is 0 Å². The third-order valence-corrected chi connectivity index (χ3v) is 6.11. The molecule has 24 heavy (non-hydrogen) atoms. The van der Waals surface area contributed by atoms with E-state index in [1.165, 1.54) is 36.1 Å². The van der Waals surface area contributed by atoms with Crippen molar-refractivity contribution in [3.63, 3.8) is 0 Å². The van der Waals surface area contributed by atoms with E-state index in [4.69, 9.17) is 0 Å². The number of rotatable bonds is 4. The topological polar surface area (TPSA) is 41.1 Å². The van der Waals surface area contributed by atoms with E-state index in [1.807, 2.05) is 30.3 Å². The average molecular weight is 338 g/mol. The van der Waals surface area contributed by atoms with Gasteiger partial charge in [0.2, 0.25) is 5.91 Å². The lowest BCUT2D eigenvalue weighted by Gasteiger charge is -2.15. The lowest BCUT2D eigenvalue weighted by molar-refractivity contribution is -0.115. The third kappa shape index (κ3) is 3.44. The molecule has 0 saturated heterocycles. The fraction of sp³-hybridized carbons (Fsp3) is 0.350. The SMILES string of the molecule is O=C(Nc1cccc(NC2CCCC2)c1)C1Cc2ccccc2S1. The molecule has 124 valence electrons. The minimum Gasteiger partial charge on any atom is -0.382 e. The number of carbonyl (C=O) groups is 1. The summed E-state index contributed by atoms with van der Waals surface area (Å²) in [4.78, 5) is 13.8. The van der Waals surface area contributed by atoms with Crippen molar-refractivity contribution >= 4 is 29.0 Å². The van der Waals surface area contributed by atoms with Gasteiger partial charge in [-0.15, -0.1) is 11.8 Å². The molecule has 0 radical (unpaired) electrons. The van der Waals surface area contributed by atoms with E-state index in [0.717, 1.165) is 17.8 Å². The molecule has 2 aliphatic rings. The summed E-state index contributed by atoms with van der Waals surface area (Å²) in [5, 5.41) is 6.63. The number of anilines is 2. The van der Waals surface area contributed by atoms with Crippen molar-refractivity contribution < 1.29 is 4.79 Å². The molecule has 2 aromatic rings. The van der Waals surface area contributed by atoms with Gasteiger partial charge in [0.25, 0.3) is 0 Å². The van der Waals surface area contributed by atoms with Crippen molar-refractivity contribution in [2.75, 3.05) is 10.6 Å². The minimum absolute atomic E-state index is 0.0335. The summed E-state index contributed by atoms with van der Waals surface area (Å²) >= 11 is 1.67. The number of nitrogens with one attached hydrogen (secondary N) is 2. The zero-order valence-corrected chi connectivity index (χ0v) is 14.4. The Morgan fingerprint density at radius 3 is 2.62 bits per heavy atom. The molecule has 2 N–H and O–H groups in total. The van der Waals surface area contributed by atoms with Gasteiger partial charge in [-0.25, -0.2) is 0 Å². The Bertz CT molecular complexity index is 715. The van der Waals surface area contributed by atoms with E-state index in [9.17, 15) is 4.79 Å². The maximum Gasteiger partial charge on any atom is 0.238 e. The number of carbonyl (C=O) groups excluding carboxylic acids is 1. The van der Waals surface area contributed by atoms with Crippen molar-refractivity contribution in [2.24, 2.45) is 0 Å². The standard InChI is InChI=1S/C20H22N2OS/c23-20(19-12-14-6-1-4-11-18(14)24-19)22-17-10-5-9-16(13-17)21-15-7-2-3-8-15/h1,4-6,9-11,13,15,19,21H,2-3,7-8,12H2,(H,22,23). The Hall–Kier alpha value is -1.94. The molecule has 1 aliphatic carbocycles. The smallest absolute Gasteiger partial charge is 0.238 e. The molecule has 2 aromatic carbocycles. The van der Waals surface area contributed by atoms with Crippen LogP contribution in [0, 0.1) is 0 Å². The van der Waals surface area contributed by atoms with E-state index in [0.29, 0.717) is 6.04 Å². The highest BCUT2D eigenvalue weighted by Gasteiger charge is 2.28. The van der Waals surface area contributed by atoms with Crippen LogP contribution in [0.5, 0.6) is 0 Å². The van der Waals surface area contributed by atoms with Gasteiger partial charge in [-0.1, -0.05) is 37.1 Å². The molecule has 1 heterocycles. The number of benzene rings is 2. The van der Waals surface area contributed by atoms with Crippen LogP contribution in [0.2, 0.25) is 0 Å². The molecule has 4 rings (SSSR count). The summed E-state index contributed by atoms with van der Waals surface area (Å²) in [5.41, 5.74) is 3.25. The highest BCUT2D eigenvalue weighted by atomic mass is 32.2. The first kappa shape index (κ1) is 15.6. The van der Waals surface area contributed by atoms with Crippen molar-refractivity contribution in [3.8, 4) is 0 Å². The highest BCUT2D eigenvalue weighted by Crippen LogP contribution is 2.37. The Kier molecular flexibility index (Phi) is 4.48. The van der Waals surface area contributed by atoms with Gasteiger partial charge in [-0.3, -0.25) is 4.79 Å². The van der Waals surface area contributed by atoms with Gasteiger partial charge in [-0.2, -0.15) is 0 Å². The largest absolute Gasteiger partial charge is 0.382 e. The van der Waals surface area contributed by atoms with E-state index in [-0.39, 0.29) is 11.2 Å².